The summed E-state index contributed by atoms with van der Waals surface area (Å²) in [5.41, 5.74) is 1.40. The molecular weight excluding hydrogens is 320 g/mol. The van der Waals surface area contributed by atoms with Crippen LogP contribution in [0.4, 0.5) is 11.4 Å². The first-order valence-electron chi connectivity index (χ1n) is 6.43. The summed E-state index contributed by atoms with van der Waals surface area (Å²) in [5, 5.41) is 20.9. The number of fused-ring (bicyclic) bond motifs is 2. The maximum atomic E-state index is 10.4. The maximum Gasteiger partial charge on any atom is 0.300 e. The number of nitrogens with one attached hydrogen (secondary N) is 2. The Morgan fingerprint density at radius 1 is 0.750 bits per heavy atom. The molecule has 2 N–H and O–H groups in total. The molecule has 0 spiro atoms. The van der Waals surface area contributed by atoms with Crippen LogP contribution in [-0.4, -0.2) is 39.8 Å². The second kappa shape index (κ2) is 6.04. The molecule has 4 aromatic rings. The van der Waals surface area contributed by atoms with Gasteiger partial charge in [0.1, 0.15) is 0 Å². The predicted molar refractivity (Wildman–Crippen MR) is 81.1 cm³/mol. The number of rotatable bonds is 2. The van der Waals surface area contributed by atoms with Crippen molar-refractivity contribution in [1.82, 2.24) is 29.9 Å². The van der Waals surface area contributed by atoms with Gasteiger partial charge in [-0.3, -0.25) is 20.2 Å². The fourth-order valence-electron chi connectivity index (χ4n) is 1.96. The van der Waals surface area contributed by atoms with Crippen molar-refractivity contribution >= 4 is 33.7 Å². The fourth-order valence-corrected chi connectivity index (χ4v) is 1.96. The van der Waals surface area contributed by atoms with Gasteiger partial charge in [-0.05, 0) is 0 Å². The van der Waals surface area contributed by atoms with Crippen molar-refractivity contribution in [3.63, 3.8) is 0 Å². The van der Waals surface area contributed by atoms with E-state index in [9.17, 15) is 20.2 Å². The molecule has 0 radical (unpaired) electrons. The average Bonchev–Trinajstić information content (AvgIpc) is 3.23. The van der Waals surface area contributed by atoms with Crippen molar-refractivity contribution in [1.29, 1.82) is 0 Å². The van der Waals surface area contributed by atoms with Gasteiger partial charge >= 0.3 is 0 Å². The smallest absolute Gasteiger partial charge is 0.300 e. The number of H-pyrrole nitrogens is 2. The zero-order valence-corrected chi connectivity index (χ0v) is 11.8. The molecule has 0 atom stereocenters. The maximum absolute atomic E-state index is 10.4. The van der Waals surface area contributed by atoms with Crippen LogP contribution in [0.1, 0.15) is 0 Å². The van der Waals surface area contributed by atoms with Gasteiger partial charge in [0.05, 0.1) is 22.5 Å². The van der Waals surface area contributed by atoms with E-state index in [1.807, 2.05) is 0 Å². The van der Waals surface area contributed by atoms with Gasteiger partial charge in [0.25, 0.3) is 11.4 Å². The molecule has 0 aliphatic carbocycles. The highest BCUT2D eigenvalue weighted by Gasteiger charge is 2.14. The standard InChI is InChI=1S/2C6H4N4O2/c2*11-10(12)4-1-2-7-6-5(4)8-3-9-6/h2*1-3H,(H,7,8,9). The van der Waals surface area contributed by atoms with Gasteiger partial charge in [-0.1, -0.05) is 0 Å². The lowest BCUT2D eigenvalue weighted by molar-refractivity contribution is -0.383. The molecular formula is C12H8N8O4. The Labute approximate surface area is 131 Å². The summed E-state index contributed by atoms with van der Waals surface area (Å²) in [7, 11) is 0. The molecule has 0 aliphatic heterocycles. The van der Waals surface area contributed by atoms with Crippen LogP contribution >= 0.6 is 0 Å². The summed E-state index contributed by atoms with van der Waals surface area (Å²) in [6.45, 7) is 0. The van der Waals surface area contributed by atoms with Crippen molar-refractivity contribution < 1.29 is 9.85 Å². The highest BCUT2D eigenvalue weighted by atomic mass is 16.6. The second-order valence-electron chi connectivity index (χ2n) is 4.37. The predicted octanol–water partition coefficient (Wildman–Crippen LogP) is 1.73. The molecule has 0 unspecified atom stereocenters. The summed E-state index contributed by atoms with van der Waals surface area (Å²) < 4.78 is 0. The molecule has 0 bridgehead atoms. The molecule has 12 nitrogen and oxygen atoms in total. The largest absolute Gasteiger partial charge is 0.329 e. The first-order chi connectivity index (χ1) is 11.6. The van der Waals surface area contributed by atoms with E-state index in [1.165, 1.54) is 37.2 Å². The van der Waals surface area contributed by atoms with Crippen molar-refractivity contribution in [2.24, 2.45) is 0 Å². The van der Waals surface area contributed by atoms with E-state index in [0.29, 0.717) is 22.3 Å². The molecule has 120 valence electrons. The van der Waals surface area contributed by atoms with Gasteiger partial charge in [0, 0.05) is 24.5 Å². The number of imidazole rings is 2. The normalized spacial score (nSPS) is 10.3. The van der Waals surface area contributed by atoms with Gasteiger partial charge in [0.2, 0.25) is 0 Å². The highest BCUT2D eigenvalue weighted by molar-refractivity contribution is 5.80. The molecule has 0 saturated carbocycles. The molecule has 12 heteroatoms. The number of hydrogen-bond acceptors (Lipinski definition) is 8. The Balaban J connectivity index is 0.000000141. The molecule has 4 heterocycles. The Morgan fingerprint density at radius 3 is 1.54 bits per heavy atom. The fraction of sp³-hybridized carbons (Fsp3) is 0. The minimum atomic E-state index is -0.481. The third-order valence-corrected chi connectivity index (χ3v) is 2.99. The average molecular weight is 328 g/mol. The van der Waals surface area contributed by atoms with E-state index in [0.717, 1.165) is 0 Å². The van der Waals surface area contributed by atoms with Crippen molar-refractivity contribution in [2.45, 2.75) is 0 Å². The molecule has 0 fully saturated rings. The topological polar surface area (TPSA) is 169 Å². The summed E-state index contributed by atoms with van der Waals surface area (Å²) in [4.78, 5) is 40.6. The zero-order valence-electron chi connectivity index (χ0n) is 11.8. The number of aromatic amines is 2. The Kier molecular flexibility index (Phi) is 3.76. The van der Waals surface area contributed by atoms with E-state index in [2.05, 4.69) is 29.9 Å². The van der Waals surface area contributed by atoms with E-state index in [-0.39, 0.29) is 11.4 Å². The van der Waals surface area contributed by atoms with Crippen LogP contribution in [0, 0.1) is 20.2 Å². The van der Waals surface area contributed by atoms with Gasteiger partial charge < -0.3 is 9.97 Å². The first-order valence-corrected chi connectivity index (χ1v) is 6.43. The molecule has 0 aliphatic rings. The minimum Gasteiger partial charge on any atom is -0.329 e. The van der Waals surface area contributed by atoms with Crippen LogP contribution < -0.4 is 0 Å². The highest BCUT2D eigenvalue weighted by Crippen LogP contribution is 2.19. The molecule has 24 heavy (non-hydrogen) atoms. The first kappa shape index (κ1) is 15.0. The molecule has 0 amide bonds. The van der Waals surface area contributed by atoms with E-state index < -0.39 is 9.85 Å². The number of hydrogen-bond donors (Lipinski definition) is 2. The van der Waals surface area contributed by atoms with Gasteiger partial charge in [0.15, 0.2) is 22.3 Å². The summed E-state index contributed by atoms with van der Waals surface area (Å²) in [6, 6.07) is 2.65. The van der Waals surface area contributed by atoms with Gasteiger partial charge in [-0.15, -0.1) is 0 Å². The van der Waals surface area contributed by atoms with Crippen molar-refractivity contribution in [3.05, 3.63) is 57.4 Å². The van der Waals surface area contributed by atoms with Crippen LogP contribution in [-0.2, 0) is 0 Å². The third kappa shape index (κ3) is 2.70. The lowest BCUT2D eigenvalue weighted by atomic mass is 10.4. The minimum absolute atomic E-state index is 0.0266. The Hall–Kier alpha value is -3.96. The number of aromatic nitrogens is 6. The molecule has 0 aromatic carbocycles. The summed E-state index contributed by atoms with van der Waals surface area (Å²) in [6.07, 6.45) is 5.51. The van der Waals surface area contributed by atoms with Crippen LogP contribution in [0.25, 0.3) is 22.3 Å². The molecule has 4 rings (SSSR count). The number of pyridine rings is 2. The summed E-state index contributed by atoms with van der Waals surface area (Å²) >= 11 is 0. The van der Waals surface area contributed by atoms with Crippen molar-refractivity contribution in [2.75, 3.05) is 0 Å². The second-order valence-corrected chi connectivity index (χ2v) is 4.37. The van der Waals surface area contributed by atoms with Gasteiger partial charge in [-0.2, -0.15) is 0 Å². The quantitative estimate of drug-likeness (QED) is 0.414. The number of nitro groups is 2. The molecule has 0 saturated heterocycles. The lowest BCUT2D eigenvalue weighted by Gasteiger charge is -1.89. The van der Waals surface area contributed by atoms with E-state index in [1.54, 1.807) is 0 Å². The molecule has 4 aromatic heterocycles. The van der Waals surface area contributed by atoms with Crippen LogP contribution in [0.2, 0.25) is 0 Å². The van der Waals surface area contributed by atoms with Crippen molar-refractivity contribution in [3.8, 4) is 0 Å². The van der Waals surface area contributed by atoms with Crippen LogP contribution in [0.3, 0.4) is 0 Å². The third-order valence-electron chi connectivity index (χ3n) is 2.99. The van der Waals surface area contributed by atoms with E-state index in [4.69, 9.17) is 0 Å². The SMILES string of the molecule is O=[N+]([O-])c1ccnc2[nH]cnc12.O=[N+]([O-])c1ccnc2[nH]cnc12. The zero-order chi connectivity index (χ0) is 17.1. The van der Waals surface area contributed by atoms with Crippen LogP contribution in [0.5, 0.6) is 0 Å². The van der Waals surface area contributed by atoms with Gasteiger partial charge in [-0.25, -0.2) is 19.9 Å². The summed E-state index contributed by atoms with van der Waals surface area (Å²) in [5.74, 6) is 0. The Bertz CT molecular complexity index is 956. The van der Waals surface area contributed by atoms with Crippen LogP contribution in [0.15, 0.2) is 37.2 Å². The lowest BCUT2D eigenvalue weighted by Crippen LogP contribution is -1.89. The monoisotopic (exact) mass is 328 g/mol. The Morgan fingerprint density at radius 2 is 1.17 bits per heavy atom. The number of nitrogens with zero attached hydrogens (tertiary/aromatic N) is 6. The van der Waals surface area contributed by atoms with E-state index >= 15 is 0 Å².